The lowest BCUT2D eigenvalue weighted by molar-refractivity contribution is -0.149. The van der Waals surface area contributed by atoms with Crippen molar-refractivity contribution >= 4 is 47.2 Å². The molecule has 1 aromatic heterocycles. The van der Waals surface area contributed by atoms with Crippen molar-refractivity contribution in [3.8, 4) is 0 Å². The average Bonchev–Trinajstić information content (AvgIpc) is 3.22. The van der Waals surface area contributed by atoms with E-state index in [1.807, 2.05) is 25.3 Å². The van der Waals surface area contributed by atoms with E-state index >= 15 is 0 Å². The molecular formula is C21H35IN4O2S. The van der Waals surface area contributed by atoms with Gasteiger partial charge in [0.15, 0.2) is 5.96 Å². The molecule has 2 saturated heterocycles. The molecule has 0 spiro atoms. The number of nitrogens with zero attached hydrogens (tertiary/aromatic N) is 3. The summed E-state index contributed by atoms with van der Waals surface area (Å²) in [6.45, 7) is 8.43. The first kappa shape index (κ1) is 24.4. The van der Waals surface area contributed by atoms with E-state index in [9.17, 15) is 4.79 Å². The molecule has 3 rings (SSSR count). The van der Waals surface area contributed by atoms with Crippen LogP contribution in [0.2, 0.25) is 0 Å². The summed E-state index contributed by atoms with van der Waals surface area (Å²) >= 11 is 1.85. The van der Waals surface area contributed by atoms with E-state index in [1.54, 1.807) is 0 Å². The summed E-state index contributed by atoms with van der Waals surface area (Å²) in [6, 6.07) is 4.37. The summed E-state index contributed by atoms with van der Waals surface area (Å²) < 4.78 is 5.17. The second-order valence-electron chi connectivity index (χ2n) is 7.76. The minimum atomic E-state index is -0.0434. The number of hydrogen-bond donors (Lipinski definition) is 1. The van der Waals surface area contributed by atoms with E-state index in [2.05, 4.69) is 37.6 Å². The first-order valence-corrected chi connectivity index (χ1v) is 11.4. The highest BCUT2D eigenvalue weighted by molar-refractivity contribution is 14.0. The number of esters is 1. The van der Waals surface area contributed by atoms with Gasteiger partial charge in [0.1, 0.15) is 0 Å². The van der Waals surface area contributed by atoms with Crippen LogP contribution in [0.15, 0.2) is 22.5 Å². The lowest BCUT2D eigenvalue weighted by Crippen LogP contribution is -2.49. The van der Waals surface area contributed by atoms with Crippen molar-refractivity contribution in [3.05, 3.63) is 22.4 Å². The first-order chi connectivity index (χ1) is 13.7. The lowest BCUT2D eigenvalue weighted by atomic mass is 9.97. The van der Waals surface area contributed by atoms with Gasteiger partial charge in [-0.2, -0.15) is 0 Å². The van der Waals surface area contributed by atoms with Crippen LogP contribution in [-0.4, -0.2) is 68.1 Å². The molecule has 0 bridgehead atoms. The van der Waals surface area contributed by atoms with Gasteiger partial charge in [-0.3, -0.25) is 14.7 Å². The lowest BCUT2D eigenvalue weighted by Gasteiger charge is -2.36. The average molecular weight is 535 g/mol. The maximum absolute atomic E-state index is 11.9. The monoisotopic (exact) mass is 534 g/mol. The number of hydrogen-bond acceptors (Lipinski definition) is 5. The molecule has 0 aliphatic carbocycles. The molecule has 1 aromatic rings. The van der Waals surface area contributed by atoms with Gasteiger partial charge in [0.05, 0.1) is 12.5 Å². The molecular weight excluding hydrogens is 499 g/mol. The highest BCUT2D eigenvalue weighted by Gasteiger charge is 2.28. The number of thiophene rings is 1. The fourth-order valence-corrected chi connectivity index (χ4v) is 4.99. The third-order valence-corrected chi connectivity index (χ3v) is 6.60. The zero-order chi connectivity index (χ0) is 19.8. The highest BCUT2D eigenvalue weighted by Crippen LogP contribution is 2.21. The summed E-state index contributed by atoms with van der Waals surface area (Å²) in [5, 5.41) is 5.75. The normalized spacial score (nSPS) is 21.5. The Morgan fingerprint density at radius 2 is 2.10 bits per heavy atom. The molecule has 29 heavy (non-hydrogen) atoms. The third kappa shape index (κ3) is 7.40. The molecule has 0 radical (unpaired) electrons. The van der Waals surface area contributed by atoms with Crippen molar-refractivity contribution < 1.29 is 9.53 Å². The van der Waals surface area contributed by atoms with Crippen molar-refractivity contribution in [2.45, 2.75) is 39.2 Å². The van der Waals surface area contributed by atoms with Crippen LogP contribution in [0.4, 0.5) is 0 Å². The fraction of sp³-hybridized carbons (Fsp3) is 0.714. The summed E-state index contributed by atoms with van der Waals surface area (Å²) in [7, 11) is 1.85. The number of aliphatic imine (C=N–C) groups is 1. The molecule has 0 aromatic carbocycles. The second kappa shape index (κ2) is 12.7. The maximum Gasteiger partial charge on any atom is 0.309 e. The van der Waals surface area contributed by atoms with E-state index in [-0.39, 0.29) is 35.9 Å². The van der Waals surface area contributed by atoms with Gasteiger partial charge >= 0.3 is 5.97 Å². The quantitative estimate of drug-likeness (QED) is 0.263. The predicted molar refractivity (Wildman–Crippen MR) is 130 cm³/mol. The molecule has 3 heterocycles. The van der Waals surface area contributed by atoms with E-state index in [4.69, 9.17) is 4.74 Å². The minimum Gasteiger partial charge on any atom is -0.466 e. The van der Waals surface area contributed by atoms with Crippen LogP contribution in [0.3, 0.4) is 0 Å². The smallest absolute Gasteiger partial charge is 0.309 e. The topological polar surface area (TPSA) is 57.2 Å². The number of piperidine rings is 2. The summed E-state index contributed by atoms with van der Waals surface area (Å²) in [4.78, 5) is 22.7. The van der Waals surface area contributed by atoms with Crippen molar-refractivity contribution in [2.75, 3.05) is 46.4 Å². The first-order valence-electron chi connectivity index (χ1n) is 10.6. The maximum atomic E-state index is 11.9. The van der Waals surface area contributed by atoms with Gasteiger partial charge in [-0.05, 0) is 56.5 Å². The zero-order valence-corrected chi connectivity index (χ0v) is 20.8. The van der Waals surface area contributed by atoms with Gasteiger partial charge in [-0.25, -0.2) is 0 Å². The summed E-state index contributed by atoms with van der Waals surface area (Å²) in [5.41, 5.74) is 0. The molecule has 2 fully saturated rings. The Labute approximate surface area is 196 Å². The predicted octanol–water partition coefficient (Wildman–Crippen LogP) is 3.43. The number of halogens is 1. The number of ether oxygens (including phenoxy) is 1. The van der Waals surface area contributed by atoms with Gasteiger partial charge in [-0.1, -0.05) is 6.07 Å². The Morgan fingerprint density at radius 3 is 2.76 bits per heavy atom. The van der Waals surface area contributed by atoms with Crippen LogP contribution >= 0.6 is 35.3 Å². The van der Waals surface area contributed by atoms with Crippen LogP contribution in [0, 0.1) is 11.8 Å². The molecule has 8 heteroatoms. The molecule has 0 amide bonds. The van der Waals surface area contributed by atoms with Crippen molar-refractivity contribution in [3.63, 3.8) is 0 Å². The number of likely N-dealkylation sites (tertiary alicyclic amines) is 2. The Balaban J connectivity index is 0.00000300. The third-order valence-electron chi connectivity index (χ3n) is 5.74. The number of rotatable bonds is 6. The second-order valence-corrected chi connectivity index (χ2v) is 8.80. The van der Waals surface area contributed by atoms with E-state index < -0.39 is 0 Å². The SMILES string of the molecule is CCOC(=O)C1CCN(C(=NC)NCC2CCCN(Cc3cccs3)C2)CC1.I. The van der Waals surface area contributed by atoms with Crippen molar-refractivity contribution in [1.29, 1.82) is 0 Å². The van der Waals surface area contributed by atoms with Crippen LogP contribution in [0.5, 0.6) is 0 Å². The zero-order valence-electron chi connectivity index (χ0n) is 17.6. The van der Waals surface area contributed by atoms with Crippen LogP contribution in [0.1, 0.15) is 37.5 Å². The largest absolute Gasteiger partial charge is 0.466 e. The Hall–Kier alpha value is -0.870. The van der Waals surface area contributed by atoms with Crippen LogP contribution in [0.25, 0.3) is 0 Å². The van der Waals surface area contributed by atoms with E-state index in [0.29, 0.717) is 12.5 Å². The van der Waals surface area contributed by atoms with Crippen molar-refractivity contribution in [2.24, 2.45) is 16.8 Å². The summed E-state index contributed by atoms with van der Waals surface area (Å²) in [5.74, 6) is 1.62. The Bertz CT molecular complexity index is 633. The minimum absolute atomic E-state index is 0. The van der Waals surface area contributed by atoms with Gasteiger partial charge in [-0.15, -0.1) is 35.3 Å². The van der Waals surface area contributed by atoms with Gasteiger partial charge < -0.3 is 15.0 Å². The molecule has 2 aliphatic heterocycles. The standard InChI is InChI=1S/C21H34N4O2S.HI/c1-3-27-20(26)18-8-11-25(12-9-18)21(22-2)23-14-17-6-4-10-24(15-17)16-19-7-5-13-28-19;/h5,7,13,17-18H,3-4,6,8-12,14-16H2,1-2H3,(H,22,23);1H. The number of carbonyl (C=O) groups is 1. The Kier molecular flexibility index (Phi) is 10.7. The summed E-state index contributed by atoms with van der Waals surface area (Å²) in [6.07, 6.45) is 4.23. The Morgan fingerprint density at radius 1 is 1.31 bits per heavy atom. The number of guanidine groups is 1. The molecule has 164 valence electrons. The fourth-order valence-electron chi connectivity index (χ4n) is 4.24. The highest BCUT2D eigenvalue weighted by atomic mass is 127. The van der Waals surface area contributed by atoms with Crippen LogP contribution in [-0.2, 0) is 16.1 Å². The number of carbonyl (C=O) groups excluding carboxylic acids is 1. The van der Waals surface area contributed by atoms with Crippen molar-refractivity contribution in [1.82, 2.24) is 15.1 Å². The number of nitrogens with one attached hydrogen (secondary N) is 1. The van der Waals surface area contributed by atoms with Gasteiger partial charge in [0.25, 0.3) is 0 Å². The van der Waals surface area contributed by atoms with Gasteiger partial charge in [0.2, 0.25) is 0 Å². The molecule has 1 unspecified atom stereocenters. The molecule has 2 aliphatic rings. The molecule has 1 N–H and O–H groups in total. The van der Waals surface area contributed by atoms with Gasteiger partial charge in [0, 0.05) is 44.6 Å². The molecule has 0 saturated carbocycles. The van der Waals surface area contributed by atoms with E-state index in [1.165, 1.54) is 24.3 Å². The molecule has 1 atom stereocenters. The van der Waals surface area contributed by atoms with E-state index in [0.717, 1.165) is 51.5 Å². The molecule has 6 nitrogen and oxygen atoms in total. The van der Waals surface area contributed by atoms with Crippen LogP contribution < -0.4 is 5.32 Å².